The minimum atomic E-state index is -0.0762. The molecule has 16 heavy (non-hydrogen) atoms. The van der Waals surface area contributed by atoms with Crippen LogP contribution in [0, 0.1) is 0 Å². The van der Waals surface area contributed by atoms with Crippen molar-refractivity contribution in [2.45, 2.75) is 26.8 Å². The van der Waals surface area contributed by atoms with Crippen molar-refractivity contribution < 1.29 is 4.79 Å². The molecule has 0 aliphatic carbocycles. The molecular formula is C11H18N4O. The lowest BCUT2D eigenvalue weighted by atomic mass is 10.2. The molecule has 5 nitrogen and oxygen atoms in total. The maximum atomic E-state index is 12.0. The van der Waals surface area contributed by atoms with Crippen LogP contribution in [-0.2, 0) is 0 Å². The molecule has 0 saturated heterocycles. The second-order valence-corrected chi connectivity index (χ2v) is 3.74. The van der Waals surface area contributed by atoms with E-state index >= 15 is 0 Å². The highest BCUT2D eigenvalue weighted by molar-refractivity contribution is 5.92. The Hall–Kier alpha value is -1.65. The second-order valence-electron chi connectivity index (χ2n) is 3.74. The molecule has 0 unspecified atom stereocenters. The van der Waals surface area contributed by atoms with E-state index in [1.807, 2.05) is 20.8 Å². The van der Waals surface area contributed by atoms with Crippen molar-refractivity contribution in [2.75, 3.05) is 18.9 Å². The number of aromatic nitrogens is 2. The average Bonchev–Trinajstić information content (AvgIpc) is 2.29. The van der Waals surface area contributed by atoms with Crippen molar-refractivity contribution in [3.05, 3.63) is 17.8 Å². The molecule has 1 N–H and O–H groups in total. The van der Waals surface area contributed by atoms with E-state index in [-0.39, 0.29) is 11.9 Å². The van der Waals surface area contributed by atoms with E-state index in [2.05, 4.69) is 15.5 Å². The largest absolute Gasteiger partial charge is 0.372 e. The molecular weight excluding hydrogens is 204 g/mol. The summed E-state index contributed by atoms with van der Waals surface area (Å²) < 4.78 is 0. The molecule has 0 atom stereocenters. The first-order chi connectivity index (χ1) is 7.60. The van der Waals surface area contributed by atoms with E-state index in [0.29, 0.717) is 18.1 Å². The van der Waals surface area contributed by atoms with Gasteiger partial charge in [0, 0.05) is 19.6 Å². The summed E-state index contributed by atoms with van der Waals surface area (Å²) in [6.07, 6.45) is 0. The van der Waals surface area contributed by atoms with Crippen LogP contribution in [0.5, 0.6) is 0 Å². The van der Waals surface area contributed by atoms with Gasteiger partial charge in [0.15, 0.2) is 5.69 Å². The van der Waals surface area contributed by atoms with Crippen molar-refractivity contribution in [1.82, 2.24) is 15.1 Å². The predicted octanol–water partition coefficient (Wildman–Crippen LogP) is 1.39. The van der Waals surface area contributed by atoms with Gasteiger partial charge in [0.05, 0.1) is 0 Å². The molecule has 5 heteroatoms. The Morgan fingerprint density at radius 2 is 2.12 bits per heavy atom. The van der Waals surface area contributed by atoms with Crippen molar-refractivity contribution in [3.63, 3.8) is 0 Å². The quantitative estimate of drug-likeness (QED) is 0.836. The van der Waals surface area contributed by atoms with Crippen LogP contribution in [0.1, 0.15) is 31.3 Å². The normalized spacial score (nSPS) is 10.3. The van der Waals surface area contributed by atoms with Gasteiger partial charge in [-0.2, -0.15) is 0 Å². The zero-order valence-corrected chi connectivity index (χ0v) is 10.2. The summed E-state index contributed by atoms with van der Waals surface area (Å²) in [7, 11) is 1.76. The fourth-order valence-corrected chi connectivity index (χ4v) is 1.47. The zero-order chi connectivity index (χ0) is 12.1. The topological polar surface area (TPSA) is 58.1 Å². The van der Waals surface area contributed by atoms with Crippen molar-refractivity contribution in [1.29, 1.82) is 0 Å². The molecule has 0 aliphatic rings. The standard InChI is InChI=1S/C11H18N4O/c1-5-15(8(2)3)11(16)9-6-7-10(12-4)14-13-9/h6-8H,5H2,1-4H3,(H,12,14). The number of hydrogen-bond donors (Lipinski definition) is 1. The maximum Gasteiger partial charge on any atom is 0.274 e. The molecule has 1 rings (SSSR count). The van der Waals surface area contributed by atoms with E-state index in [0.717, 1.165) is 0 Å². The summed E-state index contributed by atoms with van der Waals surface area (Å²) in [5, 5.41) is 10.6. The van der Waals surface area contributed by atoms with Crippen LogP contribution in [0.4, 0.5) is 5.82 Å². The maximum absolute atomic E-state index is 12.0. The predicted molar refractivity (Wildman–Crippen MR) is 63.4 cm³/mol. The number of hydrogen-bond acceptors (Lipinski definition) is 4. The highest BCUT2D eigenvalue weighted by Gasteiger charge is 2.18. The van der Waals surface area contributed by atoms with Crippen LogP contribution in [0.25, 0.3) is 0 Å². The Labute approximate surface area is 95.9 Å². The first-order valence-corrected chi connectivity index (χ1v) is 5.42. The van der Waals surface area contributed by atoms with Crippen molar-refractivity contribution in [2.24, 2.45) is 0 Å². The minimum absolute atomic E-state index is 0.0762. The Morgan fingerprint density at radius 3 is 2.50 bits per heavy atom. The van der Waals surface area contributed by atoms with Gasteiger partial charge in [-0.25, -0.2) is 0 Å². The number of nitrogens with one attached hydrogen (secondary N) is 1. The Morgan fingerprint density at radius 1 is 1.44 bits per heavy atom. The molecule has 0 bridgehead atoms. The van der Waals surface area contributed by atoms with Gasteiger partial charge in [0.2, 0.25) is 0 Å². The van der Waals surface area contributed by atoms with Gasteiger partial charge in [0.25, 0.3) is 5.91 Å². The van der Waals surface area contributed by atoms with E-state index in [4.69, 9.17) is 0 Å². The van der Waals surface area contributed by atoms with Gasteiger partial charge in [-0.05, 0) is 32.9 Å². The molecule has 0 radical (unpaired) electrons. The molecule has 1 amide bonds. The van der Waals surface area contributed by atoms with Gasteiger partial charge >= 0.3 is 0 Å². The number of amides is 1. The molecule has 1 aromatic rings. The lowest BCUT2D eigenvalue weighted by Gasteiger charge is -2.24. The van der Waals surface area contributed by atoms with Crippen LogP contribution in [0.2, 0.25) is 0 Å². The number of rotatable bonds is 4. The van der Waals surface area contributed by atoms with Crippen molar-refractivity contribution >= 4 is 11.7 Å². The summed E-state index contributed by atoms with van der Waals surface area (Å²) in [5.74, 6) is 0.580. The van der Waals surface area contributed by atoms with E-state index in [1.54, 1.807) is 24.1 Å². The highest BCUT2D eigenvalue weighted by Crippen LogP contribution is 2.07. The summed E-state index contributed by atoms with van der Waals surface area (Å²) in [6, 6.07) is 3.60. The Bertz CT molecular complexity index is 348. The van der Waals surface area contributed by atoms with Crippen LogP contribution in [0.3, 0.4) is 0 Å². The SMILES string of the molecule is CCN(C(=O)c1ccc(NC)nn1)C(C)C. The first-order valence-electron chi connectivity index (χ1n) is 5.42. The average molecular weight is 222 g/mol. The minimum Gasteiger partial charge on any atom is -0.372 e. The van der Waals surface area contributed by atoms with E-state index < -0.39 is 0 Å². The lowest BCUT2D eigenvalue weighted by Crippen LogP contribution is -2.37. The third-order valence-electron chi connectivity index (χ3n) is 2.36. The van der Waals surface area contributed by atoms with Crippen LogP contribution in [-0.4, -0.2) is 40.6 Å². The summed E-state index contributed by atoms with van der Waals surface area (Å²) in [4.78, 5) is 13.8. The molecule has 1 heterocycles. The Balaban J connectivity index is 2.86. The van der Waals surface area contributed by atoms with E-state index in [1.165, 1.54) is 0 Å². The lowest BCUT2D eigenvalue weighted by molar-refractivity contribution is 0.0709. The van der Waals surface area contributed by atoms with Gasteiger partial charge in [-0.15, -0.1) is 10.2 Å². The fourth-order valence-electron chi connectivity index (χ4n) is 1.47. The van der Waals surface area contributed by atoms with Gasteiger partial charge in [0.1, 0.15) is 5.82 Å². The van der Waals surface area contributed by atoms with Gasteiger partial charge in [-0.1, -0.05) is 0 Å². The van der Waals surface area contributed by atoms with Gasteiger partial charge < -0.3 is 10.2 Å². The Kier molecular flexibility index (Phi) is 4.22. The molecule has 0 aliphatic heterocycles. The van der Waals surface area contributed by atoms with Crippen LogP contribution in [0.15, 0.2) is 12.1 Å². The fraction of sp³-hybridized carbons (Fsp3) is 0.545. The van der Waals surface area contributed by atoms with Gasteiger partial charge in [-0.3, -0.25) is 4.79 Å². The summed E-state index contributed by atoms with van der Waals surface area (Å²) in [6.45, 7) is 6.59. The number of carbonyl (C=O) groups excluding carboxylic acids is 1. The van der Waals surface area contributed by atoms with Crippen LogP contribution < -0.4 is 5.32 Å². The smallest absolute Gasteiger partial charge is 0.274 e. The third kappa shape index (κ3) is 2.68. The first kappa shape index (κ1) is 12.4. The summed E-state index contributed by atoms with van der Waals surface area (Å²) >= 11 is 0. The molecule has 0 fully saturated rings. The number of carbonyl (C=O) groups is 1. The van der Waals surface area contributed by atoms with Crippen LogP contribution >= 0.6 is 0 Å². The monoisotopic (exact) mass is 222 g/mol. The van der Waals surface area contributed by atoms with Crippen molar-refractivity contribution in [3.8, 4) is 0 Å². The summed E-state index contributed by atoms with van der Waals surface area (Å²) in [5.41, 5.74) is 0.384. The molecule has 1 aromatic heterocycles. The second kappa shape index (κ2) is 5.44. The molecule has 0 aromatic carbocycles. The van der Waals surface area contributed by atoms with E-state index in [9.17, 15) is 4.79 Å². The zero-order valence-electron chi connectivity index (χ0n) is 10.2. The molecule has 0 spiro atoms. The molecule has 0 saturated carbocycles. The third-order valence-corrected chi connectivity index (χ3v) is 2.36. The highest BCUT2D eigenvalue weighted by atomic mass is 16.2. The number of nitrogens with zero attached hydrogens (tertiary/aromatic N) is 3. The molecule has 88 valence electrons. The number of anilines is 1.